The normalized spacial score (nSPS) is 20.4. The molecule has 1 aliphatic heterocycles. The van der Waals surface area contributed by atoms with Gasteiger partial charge in [0.2, 0.25) is 0 Å². The molecule has 2 aromatic carbocycles. The first-order valence-corrected chi connectivity index (χ1v) is 7.55. The van der Waals surface area contributed by atoms with Crippen LogP contribution in [0.4, 0.5) is 10.1 Å². The Balaban J connectivity index is 2.03. The molecule has 1 aliphatic rings. The van der Waals surface area contributed by atoms with Crippen molar-refractivity contribution in [2.75, 3.05) is 11.1 Å². The van der Waals surface area contributed by atoms with Crippen molar-refractivity contribution >= 4 is 15.5 Å². The zero-order chi connectivity index (χ0) is 13.5. The lowest BCUT2D eigenvalue weighted by Crippen LogP contribution is -2.27. The zero-order valence-electron chi connectivity index (χ0n) is 10.0. The summed E-state index contributed by atoms with van der Waals surface area (Å²) in [4.78, 5) is 0.327. The Kier molecular flexibility index (Phi) is 2.78. The molecular weight excluding hydrogens is 265 g/mol. The number of hydrogen-bond acceptors (Lipinski definition) is 3. The standard InChI is InChI=1S/C14H12FNO2S/c15-11-7-5-10(6-8-11)13-9-19(17,18)14-4-2-1-3-12(14)16-13/h1-8,13,16H,9H2. The summed E-state index contributed by atoms with van der Waals surface area (Å²) in [7, 11) is -3.31. The number of rotatable bonds is 1. The summed E-state index contributed by atoms with van der Waals surface area (Å²) in [5.41, 5.74) is 1.36. The third kappa shape index (κ3) is 2.21. The highest BCUT2D eigenvalue weighted by atomic mass is 32.2. The number of para-hydroxylation sites is 1. The van der Waals surface area contributed by atoms with E-state index in [1.807, 2.05) is 0 Å². The predicted molar refractivity (Wildman–Crippen MR) is 71.3 cm³/mol. The van der Waals surface area contributed by atoms with Crippen molar-refractivity contribution in [2.24, 2.45) is 0 Å². The van der Waals surface area contributed by atoms with Crippen molar-refractivity contribution in [2.45, 2.75) is 10.9 Å². The van der Waals surface area contributed by atoms with Crippen LogP contribution in [-0.4, -0.2) is 14.2 Å². The van der Waals surface area contributed by atoms with Crippen molar-refractivity contribution < 1.29 is 12.8 Å². The molecule has 0 amide bonds. The highest BCUT2D eigenvalue weighted by molar-refractivity contribution is 7.91. The van der Waals surface area contributed by atoms with Crippen LogP contribution in [0.25, 0.3) is 0 Å². The molecule has 98 valence electrons. The van der Waals surface area contributed by atoms with E-state index in [1.165, 1.54) is 12.1 Å². The molecule has 1 heterocycles. The van der Waals surface area contributed by atoms with Gasteiger partial charge in [0, 0.05) is 0 Å². The molecule has 5 heteroatoms. The van der Waals surface area contributed by atoms with Crippen LogP contribution in [0.3, 0.4) is 0 Å². The molecule has 1 N–H and O–H groups in total. The van der Waals surface area contributed by atoms with Gasteiger partial charge in [0.05, 0.1) is 22.4 Å². The largest absolute Gasteiger partial charge is 0.376 e. The summed E-state index contributed by atoms with van der Waals surface area (Å²) in [5, 5.41) is 3.19. The van der Waals surface area contributed by atoms with Gasteiger partial charge in [-0.25, -0.2) is 12.8 Å². The van der Waals surface area contributed by atoms with Crippen molar-refractivity contribution in [1.82, 2.24) is 0 Å². The van der Waals surface area contributed by atoms with Gasteiger partial charge in [-0.2, -0.15) is 0 Å². The van der Waals surface area contributed by atoms with Crippen molar-refractivity contribution in [3.8, 4) is 0 Å². The second kappa shape index (κ2) is 4.35. The van der Waals surface area contributed by atoms with Crippen LogP contribution in [0.15, 0.2) is 53.4 Å². The number of fused-ring (bicyclic) bond motifs is 1. The molecule has 1 unspecified atom stereocenters. The first-order valence-electron chi connectivity index (χ1n) is 5.90. The number of hydrogen-bond donors (Lipinski definition) is 1. The Morgan fingerprint density at radius 3 is 2.47 bits per heavy atom. The lowest BCUT2D eigenvalue weighted by Gasteiger charge is -2.27. The molecule has 0 bridgehead atoms. The van der Waals surface area contributed by atoms with Gasteiger partial charge in [0.25, 0.3) is 0 Å². The van der Waals surface area contributed by atoms with Gasteiger partial charge in [-0.15, -0.1) is 0 Å². The van der Waals surface area contributed by atoms with Crippen LogP contribution >= 0.6 is 0 Å². The molecule has 0 fully saturated rings. The number of sulfone groups is 1. The third-order valence-electron chi connectivity index (χ3n) is 3.21. The van der Waals surface area contributed by atoms with Crippen LogP contribution in [0.2, 0.25) is 0 Å². The number of benzene rings is 2. The van der Waals surface area contributed by atoms with Gasteiger partial charge >= 0.3 is 0 Å². The fourth-order valence-corrected chi connectivity index (χ4v) is 3.91. The Bertz CT molecular complexity index is 710. The molecule has 0 aliphatic carbocycles. The van der Waals surface area contributed by atoms with E-state index < -0.39 is 9.84 Å². The van der Waals surface area contributed by atoms with E-state index in [1.54, 1.807) is 36.4 Å². The predicted octanol–water partition coefficient (Wildman–Crippen LogP) is 2.77. The molecule has 19 heavy (non-hydrogen) atoms. The molecule has 0 spiro atoms. The maximum atomic E-state index is 12.9. The van der Waals surface area contributed by atoms with Crippen molar-refractivity contribution in [3.05, 3.63) is 59.9 Å². The van der Waals surface area contributed by atoms with E-state index >= 15 is 0 Å². The smallest absolute Gasteiger partial charge is 0.182 e. The average Bonchev–Trinajstić information content (AvgIpc) is 2.39. The fraction of sp³-hybridized carbons (Fsp3) is 0.143. The second-order valence-corrected chi connectivity index (χ2v) is 6.53. The molecule has 1 atom stereocenters. The summed E-state index contributed by atoms with van der Waals surface area (Å²) in [6.45, 7) is 0. The third-order valence-corrected chi connectivity index (χ3v) is 5.01. The van der Waals surface area contributed by atoms with Gasteiger partial charge in [0.1, 0.15) is 5.82 Å². The summed E-state index contributed by atoms with van der Waals surface area (Å²) in [5.74, 6) is -0.349. The van der Waals surface area contributed by atoms with Crippen LogP contribution in [-0.2, 0) is 9.84 Å². The number of anilines is 1. The van der Waals surface area contributed by atoms with E-state index in [4.69, 9.17) is 0 Å². The van der Waals surface area contributed by atoms with E-state index in [0.29, 0.717) is 10.6 Å². The van der Waals surface area contributed by atoms with Gasteiger partial charge in [-0.05, 0) is 29.8 Å². The monoisotopic (exact) mass is 277 g/mol. The first-order chi connectivity index (χ1) is 9.06. The van der Waals surface area contributed by atoms with Crippen molar-refractivity contribution in [1.29, 1.82) is 0 Å². The molecule has 3 rings (SSSR count). The minimum absolute atomic E-state index is 0.0182. The van der Waals surface area contributed by atoms with E-state index in [9.17, 15) is 12.8 Å². The lowest BCUT2D eigenvalue weighted by atomic mass is 10.1. The first kappa shape index (κ1) is 12.2. The minimum Gasteiger partial charge on any atom is -0.376 e. The highest BCUT2D eigenvalue weighted by Crippen LogP contribution is 2.33. The maximum Gasteiger partial charge on any atom is 0.182 e. The number of nitrogens with one attached hydrogen (secondary N) is 1. The lowest BCUT2D eigenvalue weighted by molar-refractivity contribution is 0.587. The minimum atomic E-state index is -3.31. The maximum absolute atomic E-state index is 12.9. The number of halogens is 1. The molecule has 3 nitrogen and oxygen atoms in total. The van der Waals surface area contributed by atoms with E-state index in [0.717, 1.165) is 5.56 Å². The second-order valence-electron chi connectivity index (χ2n) is 4.53. The fourth-order valence-electron chi connectivity index (χ4n) is 2.27. The Hall–Kier alpha value is -1.88. The average molecular weight is 277 g/mol. The molecule has 0 aromatic heterocycles. The molecule has 0 radical (unpaired) electrons. The van der Waals surface area contributed by atoms with Gasteiger partial charge in [-0.1, -0.05) is 24.3 Å². The highest BCUT2D eigenvalue weighted by Gasteiger charge is 2.30. The van der Waals surface area contributed by atoms with Crippen LogP contribution in [0, 0.1) is 5.82 Å². The molecular formula is C14H12FNO2S. The Morgan fingerprint density at radius 2 is 1.74 bits per heavy atom. The quantitative estimate of drug-likeness (QED) is 0.872. The van der Waals surface area contributed by atoms with Gasteiger partial charge < -0.3 is 5.32 Å². The van der Waals surface area contributed by atoms with Crippen LogP contribution in [0.5, 0.6) is 0 Å². The summed E-state index contributed by atoms with van der Waals surface area (Å²) in [6.07, 6.45) is 0. The van der Waals surface area contributed by atoms with E-state index in [2.05, 4.69) is 5.32 Å². The molecule has 0 saturated carbocycles. The summed E-state index contributed by atoms with van der Waals surface area (Å²) < 4.78 is 37.3. The topological polar surface area (TPSA) is 46.2 Å². The Morgan fingerprint density at radius 1 is 1.05 bits per heavy atom. The van der Waals surface area contributed by atoms with Gasteiger partial charge in [0.15, 0.2) is 9.84 Å². The van der Waals surface area contributed by atoms with Crippen LogP contribution < -0.4 is 5.32 Å². The van der Waals surface area contributed by atoms with Crippen molar-refractivity contribution in [3.63, 3.8) is 0 Å². The summed E-state index contributed by atoms with van der Waals surface area (Å²) in [6, 6.07) is 12.4. The molecule has 2 aromatic rings. The summed E-state index contributed by atoms with van der Waals surface area (Å²) >= 11 is 0. The molecule has 0 saturated heterocycles. The zero-order valence-corrected chi connectivity index (χ0v) is 10.8. The van der Waals surface area contributed by atoms with Crippen LogP contribution in [0.1, 0.15) is 11.6 Å². The van der Waals surface area contributed by atoms with E-state index in [-0.39, 0.29) is 17.6 Å². The Labute approximate surface area is 111 Å². The van der Waals surface area contributed by atoms with Gasteiger partial charge in [-0.3, -0.25) is 0 Å². The SMILES string of the molecule is O=S1(=O)CC(c2ccc(F)cc2)Nc2ccccc21.